The Morgan fingerprint density at radius 2 is 2.07 bits per heavy atom. The van der Waals surface area contributed by atoms with E-state index >= 15 is 0 Å². The number of hydrogen-bond acceptors (Lipinski definition) is 1. The Morgan fingerprint density at radius 3 is 2.60 bits per heavy atom. The molecule has 0 radical (unpaired) electrons. The monoisotopic (exact) mass is 290 g/mol. The highest BCUT2D eigenvalue weighted by Crippen LogP contribution is 2.14. The van der Waals surface area contributed by atoms with Gasteiger partial charge in [-0.15, -0.1) is 11.6 Å². The third kappa shape index (κ3) is 4.10. The van der Waals surface area contributed by atoms with Crippen molar-refractivity contribution < 1.29 is 4.79 Å². The number of nitrogens with zero attached hydrogens (tertiary/aromatic N) is 1. The Kier molecular flexibility index (Phi) is 4.91. The molecule has 1 rings (SSSR count). The zero-order chi connectivity index (χ0) is 11.3. The fourth-order valence-corrected chi connectivity index (χ4v) is 1.50. The van der Waals surface area contributed by atoms with Crippen molar-refractivity contribution >= 4 is 39.2 Å². The fraction of sp³-hybridized carbons (Fsp3) is 0.300. The number of urea groups is 1. The largest absolute Gasteiger partial charge is 0.326 e. The molecule has 0 aliphatic carbocycles. The number of hydrogen-bond donors (Lipinski definition) is 1. The van der Waals surface area contributed by atoms with E-state index in [1.807, 2.05) is 24.3 Å². The summed E-state index contributed by atoms with van der Waals surface area (Å²) in [6, 6.07) is 7.25. The molecule has 82 valence electrons. The average Bonchev–Trinajstić information content (AvgIpc) is 2.22. The predicted octanol–water partition coefficient (Wildman–Crippen LogP) is 3.15. The minimum Gasteiger partial charge on any atom is -0.326 e. The molecule has 3 nitrogen and oxygen atoms in total. The number of carbonyl (C=O) groups excluding carboxylic acids is 1. The van der Waals surface area contributed by atoms with E-state index in [-0.39, 0.29) is 6.03 Å². The topological polar surface area (TPSA) is 32.3 Å². The number of benzene rings is 1. The van der Waals surface area contributed by atoms with Crippen LogP contribution in [-0.2, 0) is 0 Å². The molecule has 0 unspecified atom stereocenters. The molecule has 0 saturated carbocycles. The van der Waals surface area contributed by atoms with Crippen molar-refractivity contribution in [1.82, 2.24) is 4.90 Å². The third-order valence-corrected chi connectivity index (χ3v) is 2.56. The lowest BCUT2D eigenvalue weighted by atomic mass is 10.3. The Morgan fingerprint density at radius 1 is 1.47 bits per heavy atom. The number of amides is 2. The van der Waals surface area contributed by atoms with Gasteiger partial charge in [0, 0.05) is 29.6 Å². The molecule has 0 bridgehead atoms. The third-order valence-electron chi connectivity index (χ3n) is 1.86. The molecule has 0 atom stereocenters. The smallest absolute Gasteiger partial charge is 0.321 e. The highest BCUT2D eigenvalue weighted by molar-refractivity contribution is 9.10. The number of rotatable bonds is 3. The summed E-state index contributed by atoms with van der Waals surface area (Å²) in [6.07, 6.45) is 0. The number of alkyl halides is 1. The summed E-state index contributed by atoms with van der Waals surface area (Å²) >= 11 is 8.86. The van der Waals surface area contributed by atoms with Crippen LogP contribution in [0.15, 0.2) is 28.7 Å². The summed E-state index contributed by atoms with van der Waals surface area (Å²) in [5.41, 5.74) is 0.768. The molecule has 1 aromatic carbocycles. The van der Waals surface area contributed by atoms with Gasteiger partial charge in [0.1, 0.15) is 0 Å². The van der Waals surface area contributed by atoms with Gasteiger partial charge in [-0.25, -0.2) is 4.79 Å². The van der Waals surface area contributed by atoms with Gasteiger partial charge < -0.3 is 10.2 Å². The fourth-order valence-electron chi connectivity index (χ4n) is 0.980. The van der Waals surface area contributed by atoms with Gasteiger partial charge in [0.2, 0.25) is 0 Å². The summed E-state index contributed by atoms with van der Waals surface area (Å²) in [7, 11) is 1.70. The van der Waals surface area contributed by atoms with Crippen LogP contribution < -0.4 is 5.32 Å². The lowest BCUT2D eigenvalue weighted by molar-refractivity contribution is 0.225. The SMILES string of the molecule is CN(CCCl)C(=O)Nc1ccc(Br)cc1. The molecule has 2 amide bonds. The van der Waals surface area contributed by atoms with Crippen molar-refractivity contribution in [2.24, 2.45) is 0 Å². The zero-order valence-electron chi connectivity index (χ0n) is 8.34. The first kappa shape index (κ1) is 12.3. The van der Waals surface area contributed by atoms with Crippen molar-refractivity contribution in [3.63, 3.8) is 0 Å². The van der Waals surface area contributed by atoms with Crippen molar-refractivity contribution in [3.05, 3.63) is 28.7 Å². The number of carbonyl (C=O) groups is 1. The average molecular weight is 292 g/mol. The van der Waals surface area contributed by atoms with Crippen LogP contribution in [0.4, 0.5) is 10.5 Å². The number of halogens is 2. The highest BCUT2D eigenvalue weighted by Gasteiger charge is 2.07. The van der Waals surface area contributed by atoms with Crippen LogP contribution >= 0.6 is 27.5 Å². The molecule has 0 heterocycles. The van der Waals surface area contributed by atoms with Crippen molar-refractivity contribution in [1.29, 1.82) is 0 Å². The molecule has 15 heavy (non-hydrogen) atoms. The molecule has 0 saturated heterocycles. The van der Waals surface area contributed by atoms with Crippen LogP contribution in [0.25, 0.3) is 0 Å². The van der Waals surface area contributed by atoms with E-state index < -0.39 is 0 Å². The lowest BCUT2D eigenvalue weighted by Crippen LogP contribution is -2.32. The lowest BCUT2D eigenvalue weighted by Gasteiger charge is -2.16. The summed E-state index contributed by atoms with van der Waals surface area (Å²) in [5.74, 6) is 0.435. The van der Waals surface area contributed by atoms with Gasteiger partial charge in [0.25, 0.3) is 0 Å². The normalized spacial score (nSPS) is 9.80. The van der Waals surface area contributed by atoms with E-state index in [0.29, 0.717) is 12.4 Å². The second-order valence-corrected chi connectivity index (χ2v) is 4.34. The molecular weight excluding hydrogens is 279 g/mol. The van der Waals surface area contributed by atoms with Gasteiger partial charge in [-0.3, -0.25) is 0 Å². The minimum absolute atomic E-state index is 0.155. The predicted molar refractivity (Wildman–Crippen MR) is 66.5 cm³/mol. The van der Waals surface area contributed by atoms with Gasteiger partial charge in [0.15, 0.2) is 0 Å². The molecule has 0 spiro atoms. The second kappa shape index (κ2) is 5.98. The van der Waals surface area contributed by atoms with E-state index in [2.05, 4.69) is 21.2 Å². The Labute approximate surface area is 103 Å². The maximum absolute atomic E-state index is 11.5. The van der Waals surface area contributed by atoms with Gasteiger partial charge >= 0.3 is 6.03 Å². The number of anilines is 1. The van der Waals surface area contributed by atoms with Gasteiger partial charge in [-0.05, 0) is 24.3 Å². The maximum atomic E-state index is 11.5. The molecule has 0 aliphatic rings. The molecule has 1 N–H and O–H groups in total. The molecule has 1 aromatic rings. The quantitative estimate of drug-likeness (QED) is 0.853. The first-order valence-electron chi connectivity index (χ1n) is 4.47. The summed E-state index contributed by atoms with van der Waals surface area (Å²) in [6.45, 7) is 0.532. The van der Waals surface area contributed by atoms with Gasteiger partial charge in [0.05, 0.1) is 0 Å². The Balaban J connectivity index is 2.54. The van der Waals surface area contributed by atoms with Crippen LogP contribution in [0.1, 0.15) is 0 Å². The van der Waals surface area contributed by atoms with Gasteiger partial charge in [-0.2, -0.15) is 0 Å². The second-order valence-electron chi connectivity index (χ2n) is 3.05. The van der Waals surface area contributed by atoms with Crippen LogP contribution in [0.5, 0.6) is 0 Å². The van der Waals surface area contributed by atoms with E-state index in [0.717, 1.165) is 10.2 Å². The van der Waals surface area contributed by atoms with Crippen molar-refractivity contribution in [2.45, 2.75) is 0 Å². The van der Waals surface area contributed by atoms with Gasteiger partial charge in [-0.1, -0.05) is 15.9 Å². The van der Waals surface area contributed by atoms with Crippen LogP contribution in [0.2, 0.25) is 0 Å². The van der Waals surface area contributed by atoms with Crippen LogP contribution in [-0.4, -0.2) is 30.4 Å². The van der Waals surface area contributed by atoms with E-state index in [1.54, 1.807) is 7.05 Å². The zero-order valence-corrected chi connectivity index (χ0v) is 10.7. The molecular formula is C10H12BrClN2O. The highest BCUT2D eigenvalue weighted by atomic mass is 79.9. The maximum Gasteiger partial charge on any atom is 0.321 e. The first-order chi connectivity index (χ1) is 7.13. The van der Waals surface area contributed by atoms with E-state index in [1.165, 1.54) is 4.90 Å². The summed E-state index contributed by atoms with van der Waals surface area (Å²) < 4.78 is 0.981. The van der Waals surface area contributed by atoms with Crippen molar-refractivity contribution in [2.75, 3.05) is 24.8 Å². The molecule has 0 aliphatic heterocycles. The first-order valence-corrected chi connectivity index (χ1v) is 5.80. The Bertz CT molecular complexity index is 329. The minimum atomic E-state index is -0.155. The molecule has 5 heteroatoms. The standard InChI is InChI=1S/C10H12BrClN2O/c1-14(7-6-12)10(15)13-9-4-2-8(11)3-5-9/h2-5H,6-7H2,1H3,(H,13,15). The van der Waals surface area contributed by atoms with E-state index in [9.17, 15) is 4.79 Å². The summed E-state index contributed by atoms with van der Waals surface area (Å²) in [4.78, 5) is 13.1. The molecule has 0 fully saturated rings. The van der Waals surface area contributed by atoms with Crippen molar-refractivity contribution in [3.8, 4) is 0 Å². The number of nitrogens with one attached hydrogen (secondary N) is 1. The van der Waals surface area contributed by atoms with E-state index in [4.69, 9.17) is 11.6 Å². The Hall–Kier alpha value is -0.740. The van der Waals surface area contributed by atoms with Crippen LogP contribution in [0, 0.1) is 0 Å². The molecule has 0 aromatic heterocycles. The summed E-state index contributed by atoms with van der Waals surface area (Å²) in [5, 5.41) is 2.76. The van der Waals surface area contributed by atoms with Crippen LogP contribution in [0.3, 0.4) is 0 Å².